The summed E-state index contributed by atoms with van der Waals surface area (Å²) in [6.07, 6.45) is 4.60. The highest BCUT2D eigenvalue weighted by Crippen LogP contribution is 2.27. The van der Waals surface area contributed by atoms with Crippen molar-refractivity contribution in [2.75, 3.05) is 46.3 Å². The maximum absolute atomic E-state index is 12.7. The van der Waals surface area contributed by atoms with Crippen molar-refractivity contribution >= 4 is 11.9 Å². The topological polar surface area (TPSA) is 77.0 Å². The van der Waals surface area contributed by atoms with E-state index in [0.29, 0.717) is 31.8 Å². The minimum Gasteiger partial charge on any atom is -0.481 e. The standard InChI is InChI=1S/C21H32N4O3/c1-23-12-14-24(15-13-23)19-9-11-25(16-17(19)5-8-21(27)28)20(26)7-6-18-4-2-3-10-22-18/h2-4,10,17,19H,5-9,11-16H2,1H3,(H,27,28)/t17-,19+/m1/s1. The molecule has 2 aliphatic rings. The Balaban J connectivity index is 1.57. The van der Waals surface area contributed by atoms with Gasteiger partial charge in [0.15, 0.2) is 0 Å². The van der Waals surface area contributed by atoms with Crippen LogP contribution in [0.1, 0.15) is 31.4 Å². The minimum atomic E-state index is -0.754. The number of piperidine rings is 1. The predicted octanol–water partition coefficient (Wildman–Crippen LogP) is 1.34. The number of hydrogen-bond donors (Lipinski definition) is 1. The first kappa shape index (κ1) is 20.7. The van der Waals surface area contributed by atoms with Gasteiger partial charge in [-0.1, -0.05) is 6.07 Å². The molecule has 7 nitrogen and oxygen atoms in total. The number of aliphatic carboxylic acids is 1. The molecule has 2 aliphatic heterocycles. The van der Waals surface area contributed by atoms with Crippen molar-refractivity contribution in [2.45, 2.75) is 38.1 Å². The van der Waals surface area contributed by atoms with Crippen LogP contribution in [0.25, 0.3) is 0 Å². The van der Waals surface area contributed by atoms with E-state index in [1.54, 1.807) is 6.20 Å². The number of aryl methyl sites for hydroxylation is 1. The van der Waals surface area contributed by atoms with Crippen LogP contribution in [0.5, 0.6) is 0 Å². The second-order valence-electron chi connectivity index (χ2n) is 8.05. The van der Waals surface area contributed by atoms with Crippen molar-refractivity contribution in [2.24, 2.45) is 5.92 Å². The first-order valence-electron chi connectivity index (χ1n) is 10.3. The fraction of sp³-hybridized carbons (Fsp3) is 0.667. The molecule has 3 heterocycles. The molecule has 0 spiro atoms. The van der Waals surface area contributed by atoms with Crippen molar-refractivity contribution in [3.63, 3.8) is 0 Å². The Morgan fingerprint density at radius 3 is 2.61 bits per heavy atom. The van der Waals surface area contributed by atoms with Gasteiger partial charge in [-0.2, -0.15) is 0 Å². The third-order valence-corrected chi connectivity index (χ3v) is 6.10. The van der Waals surface area contributed by atoms with Gasteiger partial charge in [0.25, 0.3) is 0 Å². The smallest absolute Gasteiger partial charge is 0.303 e. The molecule has 28 heavy (non-hydrogen) atoms. The number of hydrogen-bond acceptors (Lipinski definition) is 5. The molecule has 0 bridgehead atoms. The average Bonchev–Trinajstić information content (AvgIpc) is 2.71. The van der Waals surface area contributed by atoms with Crippen LogP contribution in [0, 0.1) is 5.92 Å². The number of amides is 1. The van der Waals surface area contributed by atoms with Crippen LogP contribution in [-0.2, 0) is 16.0 Å². The van der Waals surface area contributed by atoms with Crippen LogP contribution in [0.15, 0.2) is 24.4 Å². The van der Waals surface area contributed by atoms with Crippen molar-refractivity contribution in [1.82, 2.24) is 19.7 Å². The number of carboxylic acid groups (broad SMARTS) is 1. The number of carboxylic acids is 1. The van der Waals surface area contributed by atoms with E-state index >= 15 is 0 Å². The van der Waals surface area contributed by atoms with Crippen LogP contribution in [0.3, 0.4) is 0 Å². The second kappa shape index (κ2) is 9.98. The van der Waals surface area contributed by atoms with Crippen molar-refractivity contribution < 1.29 is 14.7 Å². The maximum atomic E-state index is 12.7. The number of nitrogens with zero attached hydrogens (tertiary/aromatic N) is 4. The van der Waals surface area contributed by atoms with Crippen molar-refractivity contribution in [1.29, 1.82) is 0 Å². The van der Waals surface area contributed by atoms with Crippen molar-refractivity contribution in [3.8, 4) is 0 Å². The SMILES string of the molecule is CN1CCN([C@H]2CCN(C(=O)CCc3ccccn3)C[C@H]2CCC(=O)O)CC1. The molecular formula is C21H32N4O3. The summed E-state index contributed by atoms with van der Waals surface area (Å²) < 4.78 is 0. The normalized spacial score (nSPS) is 24.2. The molecule has 1 aromatic heterocycles. The van der Waals surface area contributed by atoms with E-state index in [9.17, 15) is 9.59 Å². The van der Waals surface area contributed by atoms with E-state index in [1.165, 1.54) is 0 Å². The van der Waals surface area contributed by atoms with E-state index in [0.717, 1.165) is 44.8 Å². The van der Waals surface area contributed by atoms with Gasteiger partial charge in [-0.3, -0.25) is 19.5 Å². The lowest BCUT2D eigenvalue weighted by Crippen LogP contribution is -2.57. The zero-order valence-electron chi connectivity index (χ0n) is 16.8. The molecule has 0 radical (unpaired) electrons. The minimum absolute atomic E-state index is 0.155. The third-order valence-electron chi connectivity index (χ3n) is 6.10. The van der Waals surface area contributed by atoms with Crippen molar-refractivity contribution in [3.05, 3.63) is 30.1 Å². The summed E-state index contributed by atoms with van der Waals surface area (Å²) in [5.41, 5.74) is 0.936. The highest BCUT2D eigenvalue weighted by molar-refractivity contribution is 5.76. The summed E-state index contributed by atoms with van der Waals surface area (Å²) in [6, 6.07) is 6.15. The molecule has 1 N–H and O–H groups in total. The number of aromatic nitrogens is 1. The molecular weight excluding hydrogens is 356 g/mol. The summed E-state index contributed by atoms with van der Waals surface area (Å²) in [5.74, 6) is -0.370. The molecule has 0 aromatic carbocycles. The fourth-order valence-corrected chi connectivity index (χ4v) is 4.41. The number of carbonyl (C=O) groups is 2. The quantitative estimate of drug-likeness (QED) is 0.760. The number of likely N-dealkylation sites (tertiary alicyclic amines) is 1. The zero-order valence-corrected chi connectivity index (χ0v) is 16.8. The van der Waals surface area contributed by atoms with Gasteiger partial charge >= 0.3 is 5.97 Å². The number of piperazine rings is 1. The molecule has 0 saturated carbocycles. The molecule has 1 amide bonds. The molecule has 7 heteroatoms. The van der Waals surface area contributed by atoms with E-state index < -0.39 is 5.97 Å². The summed E-state index contributed by atoms with van der Waals surface area (Å²) in [5, 5.41) is 9.15. The van der Waals surface area contributed by atoms with Gasteiger partial charge in [-0.15, -0.1) is 0 Å². The molecule has 0 unspecified atom stereocenters. The lowest BCUT2D eigenvalue weighted by atomic mass is 9.86. The maximum Gasteiger partial charge on any atom is 0.303 e. The van der Waals surface area contributed by atoms with E-state index in [1.807, 2.05) is 23.1 Å². The number of pyridine rings is 1. The van der Waals surface area contributed by atoms with Gasteiger partial charge in [0.2, 0.25) is 5.91 Å². The predicted molar refractivity (Wildman–Crippen MR) is 107 cm³/mol. The van der Waals surface area contributed by atoms with Gasteiger partial charge in [-0.25, -0.2) is 0 Å². The first-order chi connectivity index (χ1) is 13.5. The lowest BCUT2D eigenvalue weighted by Gasteiger charge is -2.46. The second-order valence-corrected chi connectivity index (χ2v) is 8.05. The monoisotopic (exact) mass is 388 g/mol. The molecule has 2 atom stereocenters. The molecule has 0 aliphatic carbocycles. The zero-order chi connectivity index (χ0) is 19.9. The van der Waals surface area contributed by atoms with Gasteiger partial charge < -0.3 is 14.9 Å². The molecule has 154 valence electrons. The molecule has 2 fully saturated rings. The summed E-state index contributed by atoms with van der Waals surface area (Å²) in [4.78, 5) is 35.0. The van der Waals surface area contributed by atoms with Gasteiger partial charge in [0, 0.05) is 70.0 Å². The van der Waals surface area contributed by atoms with Crippen LogP contribution in [0.2, 0.25) is 0 Å². The van der Waals surface area contributed by atoms with Gasteiger partial charge in [-0.05, 0) is 44.4 Å². The Morgan fingerprint density at radius 1 is 1.14 bits per heavy atom. The Hall–Kier alpha value is -1.99. The van der Waals surface area contributed by atoms with E-state index in [2.05, 4.69) is 21.8 Å². The van der Waals surface area contributed by atoms with Gasteiger partial charge in [0.05, 0.1) is 0 Å². The summed E-state index contributed by atoms with van der Waals surface area (Å²) in [6.45, 7) is 5.59. The average molecular weight is 389 g/mol. The Kier molecular flexibility index (Phi) is 7.39. The Bertz CT molecular complexity index is 646. The lowest BCUT2D eigenvalue weighted by molar-refractivity contribution is -0.138. The molecule has 3 rings (SSSR count). The Morgan fingerprint density at radius 2 is 1.93 bits per heavy atom. The first-order valence-corrected chi connectivity index (χ1v) is 10.3. The third kappa shape index (κ3) is 5.75. The number of likely N-dealkylation sites (N-methyl/N-ethyl adjacent to an activating group) is 1. The van der Waals surface area contributed by atoms with Gasteiger partial charge in [0.1, 0.15) is 0 Å². The van der Waals surface area contributed by atoms with Crippen LogP contribution < -0.4 is 0 Å². The van der Waals surface area contributed by atoms with Crippen LogP contribution >= 0.6 is 0 Å². The van der Waals surface area contributed by atoms with E-state index in [-0.39, 0.29) is 18.2 Å². The highest BCUT2D eigenvalue weighted by atomic mass is 16.4. The fourth-order valence-electron chi connectivity index (χ4n) is 4.41. The Labute approximate surface area is 167 Å². The molecule has 1 aromatic rings. The van der Waals surface area contributed by atoms with E-state index in [4.69, 9.17) is 5.11 Å². The highest BCUT2D eigenvalue weighted by Gasteiger charge is 2.35. The summed E-state index contributed by atoms with van der Waals surface area (Å²) >= 11 is 0. The largest absolute Gasteiger partial charge is 0.481 e. The van der Waals surface area contributed by atoms with Crippen LogP contribution in [-0.4, -0.2) is 89.0 Å². The number of rotatable bonds is 7. The molecule has 2 saturated heterocycles. The summed E-state index contributed by atoms with van der Waals surface area (Å²) in [7, 11) is 2.14. The number of carbonyl (C=O) groups excluding carboxylic acids is 1. The van der Waals surface area contributed by atoms with Crippen LogP contribution in [0.4, 0.5) is 0 Å².